The number of fused-ring (bicyclic) bond motifs is 1. The minimum atomic E-state index is -0.234. The first-order chi connectivity index (χ1) is 6.70. The predicted molar refractivity (Wildman–Crippen MR) is 57.7 cm³/mol. The van der Waals surface area contributed by atoms with Crippen LogP contribution in [0.1, 0.15) is 12.0 Å². The van der Waals surface area contributed by atoms with Crippen molar-refractivity contribution in [2.45, 2.75) is 18.9 Å². The summed E-state index contributed by atoms with van der Waals surface area (Å²) in [5, 5.41) is 0. The lowest BCUT2D eigenvalue weighted by Crippen LogP contribution is -2.42. The Kier molecular flexibility index (Phi) is 2.32. The maximum absolute atomic E-state index is 11.2. The number of anilines is 1. The van der Waals surface area contributed by atoms with Crippen LogP contribution in [0, 0.1) is 0 Å². The molecule has 1 atom stereocenters. The SMILES string of the molecule is [B]C(=O)C1CCc2ccccc2N1C. The first-order valence-electron chi connectivity index (χ1n) is 4.80. The largest absolute Gasteiger partial charge is 0.365 e. The molecule has 0 saturated heterocycles. The van der Waals surface area contributed by atoms with Gasteiger partial charge in [0.25, 0.3) is 0 Å². The Morgan fingerprint density at radius 3 is 2.93 bits per heavy atom. The fourth-order valence-electron chi connectivity index (χ4n) is 2.05. The van der Waals surface area contributed by atoms with Gasteiger partial charge >= 0.3 is 0 Å². The van der Waals surface area contributed by atoms with Gasteiger partial charge in [0.1, 0.15) is 0 Å². The zero-order valence-electron chi connectivity index (χ0n) is 8.23. The fraction of sp³-hybridized carbons (Fsp3) is 0.364. The maximum Gasteiger partial charge on any atom is 0.170 e. The first kappa shape index (κ1) is 9.32. The zero-order valence-corrected chi connectivity index (χ0v) is 8.23. The molecule has 1 aromatic rings. The van der Waals surface area contributed by atoms with Gasteiger partial charge < -0.3 is 9.69 Å². The van der Waals surface area contributed by atoms with Crippen molar-refractivity contribution in [3.8, 4) is 0 Å². The third kappa shape index (κ3) is 1.43. The van der Waals surface area contributed by atoms with Crippen LogP contribution in [-0.2, 0) is 11.2 Å². The highest BCUT2D eigenvalue weighted by molar-refractivity contribution is 6.59. The summed E-state index contributed by atoms with van der Waals surface area (Å²) in [6.45, 7) is 0. The van der Waals surface area contributed by atoms with Crippen molar-refractivity contribution in [2.24, 2.45) is 0 Å². The first-order valence-corrected chi connectivity index (χ1v) is 4.80. The summed E-state index contributed by atoms with van der Waals surface area (Å²) >= 11 is 0. The van der Waals surface area contributed by atoms with E-state index in [2.05, 4.69) is 6.07 Å². The minimum Gasteiger partial charge on any atom is -0.365 e. The van der Waals surface area contributed by atoms with E-state index in [1.165, 1.54) is 5.56 Å². The number of aryl methyl sites for hydroxylation is 1. The summed E-state index contributed by atoms with van der Waals surface area (Å²) in [5.41, 5.74) is 2.19. The van der Waals surface area contributed by atoms with Crippen LogP contribution < -0.4 is 4.90 Å². The van der Waals surface area contributed by atoms with Gasteiger partial charge in [0.2, 0.25) is 0 Å². The van der Waals surface area contributed by atoms with E-state index in [-0.39, 0.29) is 11.7 Å². The van der Waals surface area contributed by atoms with Crippen molar-refractivity contribution < 1.29 is 4.79 Å². The Balaban J connectivity index is 2.36. The molecule has 2 nitrogen and oxygen atoms in total. The lowest BCUT2D eigenvalue weighted by atomic mass is 9.86. The summed E-state index contributed by atoms with van der Waals surface area (Å²) in [6.07, 6.45) is 1.76. The van der Waals surface area contributed by atoms with E-state index in [0.29, 0.717) is 0 Å². The fourth-order valence-corrected chi connectivity index (χ4v) is 2.05. The standard InChI is InChI=1S/C11H12BNO/c1-13-9-5-3-2-4-8(9)6-7-10(13)11(12)14/h2-5,10H,6-7H2,1H3. The zero-order chi connectivity index (χ0) is 10.1. The molecule has 1 aliphatic heterocycles. The molecule has 0 N–H and O–H groups in total. The normalized spacial score (nSPS) is 20.4. The van der Waals surface area contributed by atoms with Crippen LogP contribution in [0.15, 0.2) is 24.3 Å². The second kappa shape index (κ2) is 3.48. The molecule has 0 bridgehead atoms. The monoisotopic (exact) mass is 185 g/mol. The Morgan fingerprint density at radius 1 is 1.50 bits per heavy atom. The predicted octanol–water partition coefficient (Wildman–Crippen LogP) is 1.13. The topological polar surface area (TPSA) is 20.3 Å². The third-order valence-corrected chi connectivity index (χ3v) is 2.85. The van der Waals surface area contributed by atoms with Crippen molar-refractivity contribution in [1.29, 1.82) is 0 Å². The molecule has 1 unspecified atom stereocenters. The van der Waals surface area contributed by atoms with E-state index in [0.717, 1.165) is 18.5 Å². The van der Waals surface area contributed by atoms with E-state index in [1.807, 2.05) is 30.1 Å². The lowest BCUT2D eigenvalue weighted by molar-refractivity contribution is -0.113. The molecule has 1 heterocycles. The van der Waals surface area contributed by atoms with Crippen molar-refractivity contribution in [3.05, 3.63) is 29.8 Å². The molecule has 3 heteroatoms. The van der Waals surface area contributed by atoms with Crippen LogP contribution >= 0.6 is 0 Å². The summed E-state index contributed by atoms with van der Waals surface area (Å²) in [4.78, 5) is 13.1. The number of benzene rings is 1. The number of rotatable bonds is 1. The van der Waals surface area contributed by atoms with Gasteiger partial charge in [-0.3, -0.25) is 0 Å². The Hall–Kier alpha value is -1.25. The van der Waals surface area contributed by atoms with Gasteiger partial charge in [-0.1, -0.05) is 18.2 Å². The van der Waals surface area contributed by atoms with E-state index >= 15 is 0 Å². The van der Waals surface area contributed by atoms with Crippen molar-refractivity contribution in [3.63, 3.8) is 0 Å². The van der Waals surface area contributed by atoms with Crippen molar-refractivity contribution >= 4 is 19.2 Å². The molecule has 2 rings (SSSR count). The van der Waals surface area contributed by atoms with Crippen LogP contribution in [0.5, 0.6) is 0 Å². The van der Waals surface area contributed by atoms with Crippen LogP contribution in [0.4, 0.5) is 5.69 Å². The van der Waals surface area contributed by atoms with Gasteiger partial charge in [0, 0.05) is 12.7 Å². The third-order valence-electron chi connectivity index (χ3n) is 2.85. The molecule has 0 spiro atoms. The number of carbonyl (C=O) groups excluding carboxylic acids is 1. The van der Waals surface area contributed by atoms with Crippen molar-refractivity contribution in [2.75, 3.05) is 11.9 Å². The number of para-hydroxylation sites is 1. The smallest absolute Gasteiger partial charge is 0.170 e. The molecule has 1 aliphatic rings. The van der Waals surface area contributed by atoms with Crippen LogP contribution in [-0.4, -0.2) is 26.6 Å². The molecule has 0 amide bonds. The van der Waals surface area contributed by atoms with Gasteiger partial charge in [-0.2, -0.15) is 0 Å². The van der Waals surface area contributed by atoms with Gasteiger partial charge in [-0.25, -0.2) is 0 Å². The molecule has 2 radical (unpaired) electrons. The molecule has 14 heavy (non-hydrogen) atoms. The van der Waals surface area contributed by atoms with E-state index in [1.54, 1.807) is 0 Å². The Bertz CT molecular complexity index is 364. The summed E-state index contributed by atoms with van der Waals surface area (Å²) < 4.78 is 0. The average Bonchev–Trinajstić information content (AvgIpc) is 2.18. The van der Waals surface area contributed by atoms with Gasteiger partial charge in [-0.15, -0.1) is 0 Å². The molecule has 70 valence electrons. The summed E-state index contributed by atoms with van der Waals surface area (Å²) in [6, 6.07) is 7.99. The Labute approximate surface area is 85.3 Å². The molecule has 0 saturated carbocycles. The number of nitrogens with zero attached hydrogens (tertiary/aromatic N) is 1. The minimum absolute atomic E-state index is 0.148. The molecule has 1 aromatic carbocycles. The highest BCUT2D eigenvalue weighted by atomic mass is 16.1. The number of hydrogen-bond donors (Lipinski definition) is 0. The van der Waals surface area contributed by atoms with Gasteiger partial charge in [-0.05, 0) is 24.5 Å². The number of likely N-dealkylation sites (N-methyl/N-ethyl adjacent to an activating group) is 1. The lowest BCUT2D eigenvalue weighted by Gasteiger charge is -2.34. The van der Waals surface area contributed by atoms with Gasteiger partial charge in [0.15, 0.2) is 7.85 Å². The van der Waals surface area contributed by atoms with E-state index < -0.39 is 0 Å². The van der Waals surface area contributed by atoms with Crippen LogP contribution in [0.2, 0.25) is 0 Å². The van der Waals surface area contributed by atoms with E-state index in [4.69, 9.17) is 7.85 Å². The van der Waals surface area contributed by atoms with Gasteiger partial charge in [0.05, 0.1) is 11.7 Å². The molecular formula is C11H12BNO. The number of carbonyl (C=O) groups is 1. The number of hydrogen-bond acceptors (Lipinski definition) is 2. The average molecular weight is 185 g/mol. The Morgan fingerprint density at radius 2 is 2.21 bits per heavy atom. The summed E-state index contributed by atoms with van der Waals surface area (Å²) in [5.74, 6) is 0. The quantitative estimate of drug-likeness (QED) is 0.611. The second-order valence-electron chi connectivity index (χ2n) is 3.70. The molecule has 0 fully saturated rings. The second-order valence-corrected chi connectivity index (χ2v) is 3.70. The van der Waals surface area contributed by atoms with Crippen LogP contribution in [0.3, 0.4) is 0 Å². The summed E-state index contributed by atoms with van der Waals surface area (Å²) in [7, 11) is 7.26. The highest BCUT2D eigenvalue weighted by Crippen LogP contribution is 2.28. The maximum atomic E-state index is 11.2. The molecule has 0 aromatic heterocycles. The highest BCUT2D eigenvalue weighted by Gasteiger charge is 2.25. The molecule has 0 aliphatic carbocycles. The van der Waals surface area contributed by atoms with E-state index in [9.17, 15) is 4.79 Å². The van der Waals surface area contributed by atoms with Crippen LogP contribution in [0.25, 0.3) is 0 Å². The molecular weight excluding hydrogens is 173 g/mol. The van der Waals surface area contributed by atoms with Crippen molar-refractivity contribution in [1.82, 2.24) is 0 Å².